The highest BCUT2D eigenvalue weighted by atomic mass is 16.5. The van der Waals surface area contributed by atoms with Crippen LogP contribution in [0.3, 0.4) is 0 Å². The molecular formula is C10H16N4O3. The number of nitrogens with zero attached hydrogens (tertiary/aromatic N) is 3. The van der Waals surface area contributed by atoms with Crippen molar-refractivity contribution in [3.05, 3.63) is 11.8 Å². The Kier molecular flexibility index (Phi) is 4.08. The molecule has 0 radical (unpaired) electrons. The van der Waals surface area contributed by atoms with Crippen molar-refractivity contribution in [2.75, 3.05) is 26.0 Å². The largest absolute Gasteiger partial charge is 0.462 e. The molecule has 0 aliphatic rings. The van der Waals surface area contributed by atoms with Crippen molar-refractivity contribution in [3.63, 3.8) is 0 Å². The number of aryl methyl sites for hydroxylation is 1. The summed E-state index contributed by atoms with van der Waals surface area (Å²) >= 11 is 0. The van der Waals surface area contributed by atoms with E-state index < -0.39 is 5.97 Å². The molecule has 0 atom stereocenters. The molecular weight excluding hydrogens is 224 g/mol. The van der Waals surface area contributed by atoms with Gasteiger partial charge in [-0.15, -0.1) is 0 Å². The van der Waals surface area contributed by atoms with E-state index >= 15 is 0 Å². The van der Waals surface area contributed by atoms with Crippen LogP contribution in [0.25, 0.3) is 0 Å². The van der Waals surface area contributed by atoms with Crippen LogP contribution in [0.15, 0.2) is 6.20 Å². The molecule has 94 valence electrons. The summed E-state index contributed by atoms with van der Waals surface area (Å²) in [6.07, 6.45) is 1.36. The number of rotatable bonds is 3. The van der Waals surface area contributed by atoms with Gasteiger partial charge in [-0.2, -0.15) is 5.10 Å². The second-order valence-electron chi connectivity index (χ2n) is 3.58. The molecule has 2 amide bonds. The van der Waals surface area contributed by atoms with E-state index in [4.69, 9.17) is 4.74 Å². The van der Waals surface area contributed by atoms with E-state index in [-0.39, 0.29) is 18.2 Å². The van der Waals surface area contributed by atoms with Crippen molar-refractivity contribution >= 4 is 17.8 Å². The lowest BCUT2D eigenvalue weighted by atomic mass is 10.3. The van der Waals surface area contributed by atoms with E-state index in [2.05, 4.69) is 10.4 Å². The highest BCUT2D eigenvalue weighted by molar-refractivity contribution is 5.99. The second kappa shape index (κ2) is 5.33. The van der Waals surface area contributed by atoms with Crippen molar-refractivity contribution in [2.24, 2.45) is 7.05 Å². The third-order valence-corrected chi connectivity index (χ3v) is 2.07. The first-order chi connectivity index (χ1) is 7.97. The maximum absolute atomic E-state index is 11.6. The summed E-state index contributed by atoms with van der Waals surface area (Å²) in [4.78, 5) is 24.5. The van der Waals surface area contributed by atoms with Crippen molar-refractivity contribution in [2.45, 2.75) is 6.92 Å². The third-order valence-electron chi connectivity index (χ3n) is 2.07. The van der Waals surface area contributed by atoms with Crippen LogP contribution in [0.4, 0.5) is 10.6 Å². The Balaban J connectivity index is 2.94. The Bertz CT molecular complexity index is 425. The van der Waals surface area contributed by atoms with Gasteiger partial charge >= 0.3 is 12.0 Å². The number of anilines is 1. The molecule has 0 saturated heterocycles. The summed E-state index contributed by atoms with van der Waals surface area (Å²) < 4.78 is 6.28. The van der Waals surface area contributed by atoms with Crippen LogP contribution in [0, 0.1) is 0 Å². The van der Waals surface area contributed by atoms with Crippen molar-refractivity contribution in [1.29, 1.82) is 0 Å². The molecule has 0 unspecified atom stereocenters. The van der Waals surface area contributed by atoms with Crippen LogP contribution in [0.5, 0.6) is 0 Å². The summed E-state index contributed by atoms with van der Waals surface area (Å²) in [5.41, 5.74) is 0.240. The van der Waals surface area contributed by atoms with Crippen LogP contribution in [0.2, 0.25) is 0 Å². The van der Waals surface area contributed by atoms with Crippen molar-refractivity contribution < 1.29 is 14.3 Å². The van der Waals surface area contributed by atoms with Gasteiger partial charge in [-0.3, -0.25) is 10.00 Å². The smallest absolute Gasteiger partial charge is 0.343 e. The first-order valence-electron chi connectivity index (χ1n) is 5.14. The number of urea groups is 1. The number of carbonyl (C=O) groups is 2. The number of hydrogen-bond acceptors (Lipinski definition) is 4. The number of aromatic nitrogens is 2. The van der Waals surface area contributed by atoms with Crippen molar-refractivity contribution in [1.82, 2.24) is 14.7 Å². The molecule has 1 heterocycles. The van der Waals surface area contributed by atoms with Gasteiger partial charge in [0.1, 0.15) is 11.4 Å². The summed E-state index contributed by atoms with van der Waals surface area (Å²) in [6, 6.07) is -0.334. The third kappa shape index (κ3) is 2.96. The van der Waals surface area contributed by atoms with E-state index in [1.807, 2.05) is 0 Å². The average Bonchev–Trinajstić information content (AvgIpc) is 2.61. The van der Waals surface area contributed by atoms with E-state index in [0.29, 0.717) is 5.82 Å². The zero-order valence-corrected chi connectivity index (χ0v) is 10.4. The molecule has 0 saturated carbocycles. The summed E-state index contributed by atoms with van der Waals surface area (Å²) in [6.45, 7) is 1.99. The predicted molar refractivity (Wildman–Crippen MR) is 61.9 cm³/mol. The summed E-state index contributed by atoms with van der Waals surface area (Å²) in [5.74, 6) is -0.184. The van der Waals surface area contributed by atoms with Gasteiger partial charge in [-0.25, -0.2) is 9.59 Å². The highest BCUT2D eigenvalue weighted by Gasteiger charge is 2.19. The number of nitrogens with one attached hydrogen (secondary N) is 1. The summed E-state index contributed by atoms with van der Waals surface area (Å²) in [5, 5.41) is 6.50. The minimum absolute atomic E-state index is 0.240. The average molecular weight is 240 g/mol. The molecule has 1 N–H and O–H groups in total. The lowest BCUT2D eigenvalue weighted by molar-refractivity contribution is 0.0527. The van der Waals surface area contributed by atoms with Gasteiger partial charge < -0.3 is 9.64 Å². The maximum atomic E-state index is 11.6. The van der Waals surface area contributed by atoms with E-state index in [0.717, 1.165) is 0 Å². The van der Waals surface area contributed by atoms with Gasteiger partial charge in [0.15, 0.2) is 0 Å². The molecule has 7 heteroatoms. The number of esters is 1. The number of amides is 2. The molecule has 0 aliphatic heterocycles. The molecule has 0 aliphatic carbocycles. The van der Waals surface area contributed by atoms with Crippen LogP contribution in [0.1, 0.15) is 17.3 Å². The lowest BCUT2D eigenvalue weighted by Crippen LogP contribution is -2.29. The fourth-order valence-electron chi connectivity index (χ4n) is 1.16. The highest BCUT2D eigenvalue weighted by Crippen LogP contribution is 2.15. The van der Waals surface area contributed by atoms with Crippen LogP contribution >= 0.6 is 0 Å². The Morgan fingerprint density at radius 2 is 2.18 bits per heavy atom. The normalized spacial score (nSPS) is 9.88. The Morgan fingerprint density at radius 3 is 2.71 bits per heavy atom. The predicted octanol–water partition coefficient (Wildman–Crippen LogP) is 0.690. The van der Waals surface area contributed by atoms with Crippen LogP contribution < -0.4 is 5.32 Å². The molecule has 0 bridgehead atoms. The van der Waals surface area contributed by atoms with Gasteiger partial charge in [0, 0.05) is 21.1 Å². The fraction of sp³-hybridized carbons (Fsp3) is 0.500. The first-order valence-corrected chi connectivity index (χ1v) is 5.14. The number of hydrogen-bond donors (Lipinski definition) is 1. The lowest BCUT2D eigenvalue weighted by Gasteiger charge is -2.13. The standard InChI is InChI=1S/C10H16N4O3/c1-5-17-9(15)7-6-11-14(4)8(7)12-10(16)13(2)3/h6H,5H2,1-4H3,(H,12,16). The minimum Gasteiger partial charge on any atom is -0.462 e. The quantitative estimate of drug-likeness (QED) is 0.789. The first kappa shape index (κ1) is 13.0. The Labute approximate surface area is 99.3 Å². The maximum Gasteiger partial charge on any atom is 0.343 e. The molecule has 1 aromatic heterocycles. The number of carbonyl (C=O) groups excluding carboxylic acids is 2. The van der Waals surface area contributed by atoms with Crippen molar-refractivity contribution in [3.8, 4) is 0 Å². The molecule has 1 rings (SSSR count). The molecule has 0 aromatic carbocycles. The second-order valence-corrected chi connectivity index (χ2v) is 3.58. The topological polar surface area (TPSA) is 76.5 Å². The Hall–Kier alpha value is -2.05. The zero-order valence-electron chi connectivity index (χ0n) is 10.4. The zero-order chi connectivity index (χ0) is 13.0. The van der Waals surface area contributed by atoms with E-state index in [9.17, 15) is 9.59 Å². The molecule has 0 spiro atoms. The van der Waals surface area contributed by atoms with Gasteiger partial charge in [0.05, 0.1) is 12.8 Å². The SMILES string of the molecule is CCOC(=O)c1cnn(C)c1NC(=O)N(C)C. The molecule has 1 aromatic rings. The monoisotopic (exact) mass is 240 g/mol. The van der Waals surface area contributed by atoms with Gasteiger partial charge in [-0.1, -0.05) is 0 Å². The van der Waals surface area contributed by atoms with Gasteiger partial charge in [0.25, 0.3) is 0 Å². The molecule has 7 nitrogen and oxygen atoms in total. The van der Waals surface area contributed by atoms with Gasteiger partial charge in [0.2, 0.25) is 0 Å². The van der Waals surface area contributed by atoms with Crippen LogP contribution in [-0.4, -0.2) is 47.4 Å². The number of ether oxygens (including phenoxy) is 1. The minimum atomic E-state index is -0.505. The molecule has 17 heavy (non-hydrogen) atoms. The summed E-state index contributed by atoms with van der Waals surface area (Å²) in [7, 11) is 4.85. The van der Waals surface area contributed by atoms with E-state index in [1.54, 1.807) is 28.1 Å². The Morgan fingerprint density at radius 1 is 1.53 bits per heavy atom. The van der Waals surface area contributed by atoms with E-state index in [1.165, 1.54) is 15.8 Å². The molecule has 0 fully saturated rings. The van der Waals surface area contributed by atoms with Crippen LogP contribution in [-0.2, 0) is 11.8 Å². The fourth-order valence-corrected chi connectivity index (χ4v) is 1.16. The van der Waals surface area contributed by atoms with Gasteiger partial charge in [-0.05, 0) is 6.92 Å².